The van der Waals surface area contributed by atoms with Gasteiger partial charge in [-0.2, -0.15) is 0 Å². The Morgan fingerprint density at radius 1 is 1.04 bits per heavy atom. The van der Waals surface area contributed by atoms with Crippen LogP contribution in [0.25, 0.3) is 10.8 Å². The van der Waals surface area contributed by atoms with Gasteiger partial charge in [0.25, 0.3) is 5.91 Å². The van der Waals surface area contributed by atoms with Crippen molar-refractivity contribution >= 4 is 22.4 Å². The fourth-order valence-electron chi connectivity index (χ4n) is 2.68. The van der Waals surface area contributed by atoms with Crippen molar-refractivity contribution in [3.63, 3.8) is 0 Å². The summed E-state index contributed by atoms with van der Waals surface area (Å²) in [4.78, 5) is 12.7. The molecule has 3 nitrogen and oxygen atoms in total. The van der Waals surface area contributed by atoms with E-state index in [1.165, 1.54) is 0 Å². The first kappa shape index (κ1) is 15.1. The fourth-order valence-corrected chi connectivity index (χ4v) is 2.68. The lowest BCUT2D eigenvalue weighted by Crippen LogP contribution is -2.14. The fraction of sp³-hybridized carbons (Fsp3) is 0.150. The Balaban J connectivity index is 1.98. The third kappa shape index (κ3) is 3.04. The van der Waals surface area contributed by atoms with Gasteiger partial charge in [-0.15, -0.1) is 0 Å². The summed E-state index contributed by atoms with van der Waals surface area (Å²) in [6.07, 6.45) is 0.874. The standard InChI is InChI=1S/C20H19NO2/c1-3-14-11-12-19(23-2)17(13-14)20(22)21-18-10-6-8-15-7-4-5-9-16(15)18/h4-13H,3H2,1-2H3,(H,21,22). The smallest absolute Gasteiger partial charge is 0.259 e. The summed E-state index contributed by atoms with van der Waals surface area (Å²) in [6.45, 7) is 2.06. The van der Waals surface area contributed by atoms with Crippen LogP contribution in [0.15, 0.2) is 60.7 Å². The SMILES string of the molecule is CCc1ccc(OC)c(C(=O)Nc2cccc3ccccc23)c1. The predicted molar refractivity (Wildman–Crippen MR) is 94.3 cm³/mol. The average molecular weight is 305 g/mol. The number of carbonyl (C=O) groups is 1. The molecule has 0 aliphatic carbocycles. The maximum Gasteiger partial charge on any atom is 0.259 e. The lowest BCUT2D eigenvalue weighted by atomic mass is 10.1. The first-order valence-corrected chi connectivity index (χ1v) is 7.69. The number of amides is 1. The Kier molecular flexibility index (Phi) is 4.29. The van der Waals surface area contributed by atoms with Gasteiger partial charge in [0.1, 0.15) is 5.75 Å². The summed E-state index contributed by atoms with van der Waals surface area (Å²) in [5, 5.41) is 5.13. The maximum atomic E-state index is 12.7. The van der Waals surface area contributed by atoms with Crippen molar-refractivity contribution in [3.8, 4) is 5.75 Å². The molecule has 0 radical (unpaired) electrons. The van der Waals surface area contributed by atoms with Crippen LogP contribution in [0.2, 0.25) is 0 Å². The first-order chi connectivity index (χ1) is 11.2. The molecule has 1 N–H and O–H groups in total. The second kappa shape index (κ2) is 6.53. The molecule has 3 aromatic rings. The molecule has 0 aliphatic heterocycles. The molecule has 0 unspecified atom stereocenters. The number of carbonyl (C=O) groups excluding carboxylic acids is 1. The summed E-state index contributed by atoms with van der Waals surface area (Å²) in [6, 6.07) is 19.6. The Hall–Kier alpha value is -2.81. The highest BCUT2D eigenvalue weighted by Gasteiger charge is 2.14. The van der Waals surface area contributed by atoms with Crippen molar-refractivity contribution in [1.29, 1.82) is 0 Å². The maximum absolute atomic E-state index is 12.7. The minimum absolute atomic E-state index is 0.159. The predicted octanol–water partition coefficient (Wildman–Crippen LogP) is 4.66. The van der Waals surface area contributed by atoms with Gasteiger partial charge in [0.15, 0.2) is 0 Å². The monoisotopic (exact) mass is 305 g/mol. The number of aryl methyl sites for hydroxylation is 1. The molecule has 116 valence electrons. The number of hydrogen-bond acceptors (Lipinski definition) is 2. The number of methoxy groups -OCH3 is 1. The topological polar surface area (TPSA) is 38.3 Å². The van der Waals surface area contributed by atoms with E-state index in [0.717, 1.165) is 28.4 Å². The van der Waals surface area contributed by atoms with Crippen molar-refractivity contribution in [2.45, 2.75) is 13.3 Å². The van der Waals surface area contributed by atoms with E-state index in [4.69, 9.17) is 4.74 Å². The van der Waals surface area contributed by atoms with Crippen molar-refractivity contribution < 1.29 is 9.53 Å². The average Bonchev–Trinajstić information content (AvgIpc) is 2.61. The molecule has 0 atom stereocenters. The zero-order valence-corrected chi connectivity index (χ0v) is 13.3. The highest BCUT2D eigenvalue weighted by atomic mass is 16.5. The second-order valence-electron chi connectivity index (χ2n) is 5.37. The van der Waals surface area contributed by atoms with E-state index >= 15 is 0 Å². The third-order valence-electron chi connectivity index (χ3n) is 3.95. The van der Waals surface area contributed by atoms with Gasteiger partial charge in [0.2, 0.25) is 0 Å². The van der Waals surface area contributed by atoms with Crippen molar-refractivity contribution in [3.05, 3.63) is 71.8 Å². The van der Waals surface area contributed by atoms with E-state index in [0.29, 0.717) is 11.3 Å². The van der Waals surface area contributed by atoms with Crippen molar-refractivity contribution in [2.75, 3.05) is 12.4 Å². The quantitative estimate of drug-likeness (QED) is 0.761. The zero-order valence-electron chi connectivity index (χ0n) is 13.3. The van der Waals surface area contributed by atoms with Gasteiger partial charge in [-0.05, 0) is 35.6 Å². The Morgan fingerprint density at radius 3 is 2.61 bits per heavy atom. The molecule has 3 rings (SSSR count). The number of fused-ring (bicyclic) bond motifs is 1. The summed E-state index contributed by atoms with van der Waals surface area (Å²) in [7, 11) is 1.58. The molecule has 0 bridgehead atoms. The molecule has 0 heterocycles. The summed E-state index contributed by atoms with van der Waals surface area (Å²) >= 11 is 0. The highest BCUT2D eigenvalue weighted by Crippen LogP contribution is 2.26. The summed E-state index contributed by atoms with van der Waals surface area (Å²) < 4.78 is 5.33. The third-order valence-corrected chi connectivity index (χ3v) is 3.95. The van der Waals surface area contributed by atoms with Crippen LogP contribution in [0.1, 0.15) is 22.8 Å². The van der Waals surface area contributed by atoms with Crippen molar-refractivity contribution in [2.24, 2.45) is 0 Å². The molecule has 1 amide bonds. The van der Waals surface area contributed by atoms with Gasteiger partial charge in [-0.1, -0.05) is 49.4 Å². The summed E-state index contributed by atoms with van der Waals surface area (Å²) in [5.41, 5.74) is 2.46. The molecular formula is C20H19NO2. The molecule has 3 heteroatoms. The lowest BCUT2D eigenvalue weighted by Gasteiger charge is -2.12. The number of nitrogens with one attached hydrogen (secondary N) is 1. The van der Waals surface area contributed by atoms with Gasteiger partial charge >= 0.3 is 0 Å². The number of ether oxygens (including phenoxy) is 1. The molecule has 0 aliphatic rings. The van der Waals surface area contributed by atoms with Gasteiger partial charge in [-0.3, -0.25) is 4.79 Å². The van der Waals surface area contributed by atoms with Crippen molar-refractivity contribution in [1.82, 2.24) is 0 Å². The highest BCUT2D eigenvalue weighted by molar-refractivity contribution is 6.10. The van der Waals surface area contributed by atoms with Crippen LogP contribution in [0, 0.1) is 0 Å². The van der Waals surface area contributed by atoms with Crippen LogP contribution < -0.4 is 10.1 Å². The van der Waals surface area contributed by atoms with Crippen LogP contribution in [0.4, 0.5) is 5.69 Å². The van der Waals surface area contributed by atoms with Gasteiger partial charge < -0.3 is 10.1 Å². The number of benzene rings is 3. The van der Waals surface area contributed by atoms with E-state index in [1.807, 2.05) is 60.7 Å². The number of anilines is 1. The Morgan fingerprint density at radius 2 is 1.83 bits per heavy atom. The van der Waals surface area contributed by atoms with Crippen LogP contribution in [-0.2, 0) is 6.42 Å². The van der Waals surface area contributed by atoms with E-state index in [1.54, 1.807) is 7.11 Å². The van der Waals surface area contributed by atoms with Gasteiger partial charge in [-0.25, -0.2) is 0 Å². The number of rotatable bonds is 4. The van der Waals surface area contributed by atoms with Gasteiger partial charge in [0.05, 0.1) is 12.7 Å². The molecule has 0 saturated heterocycles. The lowest BCUT2D eigenvalue weighted by molar-refractivity contribution is 0.102. The minimum Gasteiger partial charge on any atom is -0.496 e. The molecular weight excluding hydrogens is 286 g/mol. The largest absolute Gasteiger partial charge is 0.496 e. The van der Waals surface area contributed by atoms with E-state index in [2.05, 4.69) is 12.2 Å². The zero-order chi connectivity index (χ0) is 16.2. The Labute approximate surface area is 135 Å². The molecule has 3 aromatic carbocycles. The number of hydrogen-bond donors (Lipinski definition) is 1. The second-order valence-corrected chi connectivity index (χ2v) is 5.37. The molecule has 0 saturated carbocycles. The molecule has 23 heavy (non-hydrogen) atoms. The van der Waals surface area contributed by atoms with E-state index in [9.17, 15) is 4.79 Å². The van der Waals surface area contributed by atoms with Crippen LogP contribution >= 0.6 is 0 Å². The Bertz CT molecular complexity index is 850. The normalized spacial score (nSPS) is 10.5. The van der Waals surface area contributed by atoms with Crippen LogP contribution in [-0.4, -0.2) is 13.0 Å². The van der Waals surface area contributed by atoms with E-state index < -0.39 is 0 Å². The van der Waals surface area contributed by atoms with Crippen LogP contribution in [0.5, 0.6) is 5.75 Å². The van der Waals surface area contributed by atoms with Crippen LogP contribution in [0.3, 0.4) is 0 Å². The van der Waals surface area contributed by atoms with Gasteiger partial charge in [0, 0.05) is 11.1 Å². The minimum atomic E-state index is -0.159. The summed E-state index contributed by atoms with van der Waals surface area (Å²) in [5.74, 6) is 0.424. The first-order valence-electron chi connectivity index (χ1n) is 7.69. The molecule has 0 aromatic heterocycles. The molecule has 0 spiro atoms. The molecule has 0 fully saturated rings. The van der Waals surface area contributed by atoms with E-state index in [-0.39, 0.29) is 5.91 Å².